The molecule has 3 fully saturated rings. The largest absolute Gasteiger partial charge is 0.384 e. The van der Waals surface area contributed by atoms with Crippen LogP contribution in [0.25, 0.3) is 0 Å². The maximum absolute atomic E-state index is 13.4. The summed E-state index contributed by atoms with van der Waals surface area (Å²) < 4.78 is 5.01. The predicted molar refractivity (Wildman–Crippen MR) is 115 cm³/mol. The molecular formula is C23H32N4O4. The number of nitrogens with zero attached hydrogens (tertiary/aromatic N) is 3. The third-order valence-electron chi connectivity index (χ3n) is 6.79. The topological polar surface area (TPSA) is 82.2 Å². The number of likely N-dealkylation sites (tertiary alicyclic amines) is 2. The molecule has 0 bridgehead atoms. The minimum Gasteiger partial charge on any atom is -0.384 e. The van der Waals surface area contributed by atoms with E-state index in [2.05, 4.69) is 22.3 Å². The average Bonchev–Trinajstić information content (AvgIpc) is 3.03. The van der Waals surface area contributed by atoms with Crippen LogP contribution >= 0.6 is 0 Å². The van der Waals surface area contributed by atoms with E-state index in [1.54, 1.807) is 12.0 Å². The molecule has 8 heteroatoms. The van der Waals surface area contributed by atoms with Crippen LogP contribution in [0.3, 0.4) is 0 Å². The maximum atomic E-state index is 13.4. The Kier molecular flexibility index (Phi) is 6.57. The highest BCUT2D eigenvalue weighted by molar-refractivity contribution is 6.07. The second kappa shape index (κ2) is 9.36. The van der Waals surface area contributed by atoms with Crippen molar-refractivity contribution in [1.29, 1.82) is 0 Å². The van der Waals surface area contributed by atoms with Crippen molar-refractivity contribution >= 4 is 17.8 Å². The summed E-state index contributed by atoms with van der Waals surface area (Å²) in [5, 5.41) is 3.02. The van der Waals surface area contributed by atoms with Gasteiger partial charge in [0.05, 0.1) is 19.1 Å². The summed E-state index contributed by atoms with van der Waals surface area (Å²) in [7, 11) is 1.57. The molecule has 0 aliphatic carbocycles. The van der Waals surface area contributed by atoms with Crippen molar-refractivity contribution in [3.63, 3.8) is 0 Å². The highest BCUT2D eigenvalue weighted by Crippen LogP contribution is 2.32. The van der Waals surface area contributed by atoms with E-state index in [0.29, 0.717) is 39.0 Å². The Morgan fingerprint density at radius 3 is 2.61 bits per heavy atom. The standard InChI is InChI=1S/C23H32N4O4/c1-31-15-9-20(28)26-12-5-8-19(17-26)27-21(29)23(24-22(27)30)10-13-25(14-11-23)16-18-6-3-2-4-7-18/h2-4,6-7,19H,5,8-17H2,1H3,(H,24,30)/t19-/m1/s1. The van der Waals surface area contributed by atoms with E-state index in [9.17, 15) is 14.4 Å². The number of methoxy groups -OCH3 is 1. The van der Waals surface area contributed by atoms with E-state index in [0.717, 1.165) is 32.5 Å². The van der Waals surface area contributed by atoms with Crippen LogP contribution in [-0.2, 0) is 20.9 Å². The van der Waals surface area contributed by atoms with Gasteiger partial charge in [-0.25, -0.2) is 4.79 Å². The van der Waals surface area contributed by atoms with Gasteiger partial charge in [-0.15, -0.1) is 0 Å². The van der Waals surface area contributed by atoms with Gasteiger partial charge < -0.3 is 15.0 Å². The highest BCUT2D eigenvalue weighted by Gasteiger charge is 2.54. The molecule has 168 valence electrons. The lowest BCUT2D eigenvalue weighted by atomic mass is 9.87. The van der Waals surface area contributed by atoms with E-state index in [1.807, 2.05) is 18.2 Å². The van der Waals surface area contributed by atoms with Crippen molar-refractivity contribution < 1.29 is 19.1 Å². The zero-order chi connectivity index (χ0) is 21.8. The molecule has 0 saturated carbocycles. The van der Waals surface area contributed by atoms with E-state index < -0.39 is 5.54 Å². The predicted octanol–water partition coefficient (Wildman–Crippen LogP) is 1.60. The Labute approximate surface area is 183 Å². The zero-order valence-electron chi connectivity index (χ0n) is 18.2. The maximum Gasteiger partial charge on any atom is 0.325 e. The smallest absolute Gasteiger partial charge is 0.325 e. The van der Waals surface area contributed by atoms with E-state index in [1.165, 1.54) is 10.5 Å². The quantitative estimate of drug-likeness (QED) is 0.696. The van der Waals surface area contributed by atoms with Gasteiger partial charge >= 0.3 is 6.03 Å². The van der Waals surface area contributed by atoms with Crippen LogP contribution in [0.5, 0.6) is 0 Å². The fourth-order valence-corrected chi connectivity index (χ4v) is 4.99. The van der Waals surface area contributed by atoms with E-state index in [-0.39, 0.29) is 23.9 Å². The van der Waals surface area contributed by atoms with Gasteiger partial charge in [-0.3, -0.25) is 19.4 Å². The number of benzene rings is 1. The Morgan fingerprint density at radius 2 is 1.90 bits per heavy atom. The van der Waals surface area contributed by atoms with Crippen LogP contribution < -0.4 is 5.32 Å². The van der Waals surface area contributed by atoms with Crippen molar-refractivity contribution in [2.75, 3.05) is 39.9 Å². The van der Waals surface area contributed by atoms with Gasteiger partial charge in [-0.2, -0.15) is 0 Å². The molecule has 0 aromatic heterocycles. The third-order valence-corrected chi connectivity index (χ3v) is 6.79. The summed E-state index contributed by atoms with van der Waals surface area (Å²) in [5.74, 6) is -0.101. The molecule has 31 heavy (non-hydrogen) atoms. The molecule has 1 aromatic carbocycles. The van der Waals surface area contributed by atoms with Gasteiger partial charge in [0.15, 0.2) is 0 Å². The molecule has 1 aromatic rings. The Balaban J connectivity index is 1.37. The van der Waals surface area contributed by atoms with Crippen molar-refractivity contribution in [3.8, 4) is 0 Å². The van der Waals surface area contributed by atoms with Crippen LogP contribution in [-0.4, -0.2) is 84.0 Å². The lowest BCUT2D eigenvalue weighted by Gasteiger charge is -2.39. The van der Waals surface area contributed by atoms with Crippen LogP contribution in [0.2, 0.25) is 0 Å². The van der Waals surface area contributed by atoms with Crippen molar-refractivity contribution in [1.82, 2.24) is 20.0 Å². The second-order valence-corrected chi connectivity index (χ2v) is 8.83. The number of ether oxygens (including phenoxy) is 1. The highest BCUT2D eigenvalue weighted by atomic mass is 16.5. The molecule has 3 aliphatic heterocycles. The number of carbonyl (C=O) groups is 3. The number of hydrogen-bond donors (Lipinski definition) is 1. The monoisotopic (exact) mass is 428 g/mol. The number of imide groups is 1. The van der Waals surface area contributed by atoms with Crippen LogP contribution in [0, 0.1) is 0 Å². The minimum atomic E-state index is -0.799. The molecular weight excluding hydrogens is 396 g/mol. The van der Waals surface area contributed by atoms with Gasteiger partial charge in [-0.1, -0.05) is 30.3 Å². The zero-order valence-corrected chi connectivity index (χ0v) is 18.2. The van der Waals surface area contributed by atoms with Gasteiger partial charge in [-0.05, 0) is 31.2 Å². The molecule has 0 unspecified atom stereocenters. The van der Waals surface area contributed by atoms with Gasteiger partial charge in [0, 0.05) is 39.8 Å². The lowest BCUT2D eigenvalue weighted by Crippen LogP contribution is -2.56. The summed E-state index contributed by atoms with van der Waals surface area (Å²) >= 11 is 0. The van der Waals surface area contributed by atoms with Gasteiger partial charge in [0.25, 0.3) is 5.91 Å². The average molecular weight is 429 g/mol. The van der Waals surface area contributed by atoms with Gasteiger partial charge in [0.1, 0.15) is 5.54 Å². The van der Waals surface area contributed by atoms with Gasteiger partial charge in [0.2, 0.25) is 5.91 Å². The summed E-state index contributed by atoms with van der Waals surface area (Å²) in [4.78, 5) is 44.1. The number of rotatable bonds is 6. The summed E-state index contributed by atoms with van der Waals surface area (Å²) in [6.07, 6.45) is 3.08. The van der Waals surface area contributed by atoms with Crippen LogP contribution in [0.1, 0.15) is 37.7 Å². The van der Waals surface area contributed by atoms with Crippen molar-refractivity contribution in [2.24, 2.45) is 0 Å². The second-order valence-electron chi connectivity index (χ2n) is 8.83. The molecule has 3 saturated heterocycles. The Hall–Kier alpha value is -2.45. The first kappa shape index (κ1) is 21.8. The number of piperidine rings is 2. The van der Waals surface area contributed by atoms with E-state index in [4.69, 9.17) is 4.74 Å². The number of nitrogens with one attached hydrogen (secondary N) is 1. The fraction of sp³-hybridized carbons (Fsp3) is 0.609. The lowest BCUT2D eigenvalue weighted by molar-refractivity contribution is -0.139. The number of urea groups is 1. The number of hydrogen-bond acceptors (Lipinski definition) is 5. The molecule has 1 N–H and O–H groups in total. The Bertz CT molecular complexity index is 807. The van der Waals surface area contributed by atoms with E-state index >= 15 is 0 Å². The fourth-order valence-electron chi connectivity index (χ4n) is 4.99. The molecule has 4 rings (SSSR count). The first-order valence-electron chi connectivity index (χ1n) is 11.2. The Morgan fingerprint density at radius 1 is 1.16 bits per heavy atom. The first-order valence-corrected chi connectivity index (χ1v) is 11.2. The summed E-state index contributed by atoms with van der Waals surface area (Å²) in [6.45, 7) is 3.85. The van der Waals surface area contributed by atoms with Crippen molar-refractivity contribution in [2.45, 2.75) is 50.2 Å². The van der Waals surface area contributed by atoms with Crippen LogP contribution in [0.4, 0.5) is 4.79 Å². The molecule has 0 radical (unpaired) electrons. The molecule has 3 heterocycles. The summed E-state index contributed by atoms with van der Waals surface area (Å²) in [5.41, 5.74) is 0.453. The molecule has 1 spiro atoms. The normalized spacial score (nSPS) is 24.0. The minimum absolute atomic E-state index is 0.0162. The number of carbonyl (C=O) groups excluding carboxylic acids is 3. The number of amides is 4. The molecule has 3 aliphatic rings. The molecule has 1 atom stereocenters. The molecule has 4 amide bonds. The van der Waals surface area contributed by atoms with Crippen molar-refractivity contribution in [3.05, 3.63) is 35.9 Å². The molecule has 8 nitrogen and oxygen atoms in total. The SMILES string of the molecule is COCCC(=O)N1CCC[C@@H](N2C(=O)NC3(CCN(Cc4ccccc4)CC3)C2=O)C1. The summed E-state index contributed by atoms with van der Waals surface area (Å²) in [6, 6.07) is 9.73. The van der Waals surface area contributed by atoms with Crippen LogP contribution in [0.15, 0.2) is 30.3 Å². The third kappa shape index (κ3) is 4.60. The first-order chi connectivity index (χ1) is 15.0.